The average Bonchev–Trinajstić information content (AvgIpc) is 2.81. The van der Waals surface area contributed by atoms with Crippen molar-refractivity contribution in [1.82, 2.24) is 9.80 Å². The van der Waals surface area contributed by atoms with Crippen LogP contribution in [-0.4, -0.2) is 61.0 Å². The number of carbonyl (C=O) groups is 2. The molecule has 4 rings (SSSR count). The summed E-state index contributed by atoms with van der Waals surface area (Å²) < 4.78 is 49.8. The molecule has 0 atom stereocenters. The van der Waals surface area contributed by atoms with E-state index in [0.717, 1.165) is 17.7 Å². The molecule has 1 saturated heterocycles. The number of ether oxygens (including phenoxy) is 2. The third-order valence-electron chi connectivity index (χ3n) is 5.59. The SMILES string of the molecule is O=C(CCc1ccc2c(c1)OCCO2)N1CCN(C(=O)c2cccc(C(F)(F)F)c2)CC1. The van der Waals surface area contributed by atoms with Gasteiger partial charge >= 0.3 is 6.18 Å². The van der Waals surface area contributed by atoms with Crippen molar-refractivity contribution in [3.8, 4) is 11.5 Å². The van der Waals surface area contributed by atoms with Gasteiger partial charge in [-0.25, -0.2) is 0 Å². The number of hydrogen-bond acceptors (Lipinski definition) is 4. The van der Waals surface area contributed by atoms with Crippen LogP contribution in [0.2, 0.25) is 0 Å². The van der Waals surface area contributed by atoms with Crippen molar-refractivity contribution in [3.63, 3.8) is 0 Å². The minimum absolute atomic E-state index is 0.00166. The molecule has 0 unspecified atom stereocenters. The van der Waals surface area contributed by atoms with Gasteiger partial charge in [-0.2, -0.15) is 13.2 Å². The van der Waals surface area contributed by atoms with Gasteiger partial charge in [0.2, 0.25) is 5.91 Å². The summed E-state index contributed by atoms with van der Waals surface area (Å²) in [5.74, 6) is 0.904. The number of amides is 2. The third-order valence-corrected chi connectivity index (χ3v) is 5.59. The first-order chi connectivity index (χ1) is 15.3. The molecule has 1 fully saturated rings. The predicted octanol–water partition coefficient (Wildman–Crippen LogP) is 3.39. The Labute approximate surface area is 183 Å². The van der Waals surface area contributed by atoms with E-state index in [9.17, 15) is 22.8 Å². The molecule has 2 heterocycles. The van der Waals surface area contributed by atoms with Crippen molar-refractivity contribution in [2.45, 2.75) is 19.0 Å². The van der Waals surface area contributed by atoms with Gasteiger partial charge in [0.15, 0.2) is 11.5 Å². The van der Waals surface area contributed by atoms with Gasteiger partial charge in [-0.15, -0.1) is 0 Å². The second-order valence-corrected chi connectivity index (χ2v) is 7.73. The molecule has 170 valence electrons. The molecule has 2 aliphatic heterocycles. The van der Waals surface area contributed by atoms with E-state index in [1.54, 1.807) is 4.90 Å². The lowest BCUT2D eigenvalue weighted by molar-refractivity contribution is -0.137. The molecule has 0 saturated carbocycles. The zero-order valence-electron chi connectivity index (χ0n) is 17.4. The van der Waals surface area contributed by atoms with E-state index in [4.69, 9.17) is 9.47 Å². The fourth-order valence-electron chi connectivity index (χ4n) is 3.82. The monoisotopic (exact) mass is 448 g/mol. The van der Waals surface area contributed by atoms with E-state index in [1.165, 1.54) is 17.0 Å². The predicted molar refractivity (Wildman–Crippen MR) is 110 cm³/mol. The second kappa shape index (κ2) is 9.10. The summed E-state index contributed by atoms with van der Waals surface area (Å²) in [6.07, 6.45) is -3.63. The van der Waals surface area contributed by atoms with Gasteiger partial charge in [0.1, 0.15) is 13.2 Å². The highest BCUT2D eigenvalue weighted by Gasteiger charge is 2.32. The van der Waals surface area contributed by atoms with Crippen LogP contribution in [0.4, 0.5) is 13.2 Å². The van der Waals surface area contributed by atoms with Crippen molar-refractivity contribution in [2.24, 2.45) is 0 Å². The van der Waals surface area contributed by atoms with Crippen LogP contribution < -0.4 is 9.47 Å². The first-order valence-corrected chi connectivity index (χ1v) is 10.4. The summed E-state index contributed by atoms with van der Waals surface area (Å²) in [7, 11) is 0. The number of rotatable bonds is 4. The largest absolute Gasteiger partial charge is 0.486 e. The van der Waals surface area contributed by atoms with Gasteiger partial charge in [-0.3, -0.25) is 9.59 Å². The molecular formula is C23H23F3N2O4. The van der Waals surface area contributed by atoms with E-state index >= 15 is 0 Å². The summed E-state index contributed by atoms with van der Waals surface area (Å²) in [5, 5.41) is 0. The van der Waals surface area contributed by atoms with Crippen LogP contribution in [0.25, 0.3) is 0 Å². The standard InChI is InChI=1S/C23H23F3N2O4/c24-23(25,26)18-3-1-2-17(15-18)22(30)28-10-8-27(9-11-28)21(29)7-5-16-4-6-19-20(14-16)32-13-12-31-19/h1-4,6,14-15H,5,7-13H2. The minimum atomic E-state index is -4.50. The molecular weight excluding hydrogens is 425 g/mol. The van der Waals surface area contributed by atoms with Crippen LogP contribution >= 0.6 is 0 Å². The number of benzene rings is 2. The normalized spacial score (nSPS) is 16.1. The fraction of sp³-hybridized carbons (Fsp3) is 0.391. The lowest BCUT2D eigenvalue weighted by Crippen LogP contribution is -2.50. The number of carbonyl (C=O) groups excluding carboxylic acids is 2. The summed E-state index contributed by atoms with van der Waals surface area (Å²) >= 11 is 0. The highest BCUT2D eigenvalue weighted by Crippen LogP contribution is 2.31. The van der Waals surface area contributed by atoms with Crippen molar-refractivity contribution >= 4 is 11.8 Å². The maximum absolute atomic E-state index is 12.9. The van der Waals surface area contributed by atoms with Gasteiger partial charge in [0.25, 0.3) is 5.91 Å². The topological polar surface area (TPSA) is 59.1 Å². The summed E-state index contributed by atoms with van der Waals surface area (Å²) in [6, 6.07) is 10.0. The molecule has 0 aliphatic carbocycles. The number of alkyl halides is 3. The Balaban J connectivity index is 1.29. The third kappa shape index (κ3) is 4.98. The van der Waals surface area contributed by atoms with Crippen LogP contribution in [0.15, 0.2) is 42.5 Å². The quantitative estimate of drug-likeness (QED) is 0.720. The number of hydrogen-bond donors (Lipinski definition) is 0. The van der Waals surface area contributed by atoms with Crippen LogP contribution in [0.5, 0.6) is 11.5 Å². The van der Waals surface area contributed by atoms with E-state index in [1.807, 2.05) is 18.2 Å². The van der Waals surface area contributed by atoms with Crippen molar-refractivity contribution in [1.29, 1.82) is 0 Å². The minimum Gasteiger partial charge on any atom is -0.486 e. The summed E-state index contributed by atoms with van der Waals surface area (Å²) in [6.45, 7) is 2.29. The molecule has 2 aromatic carbocycles. The zero-order chi connectivity index (χ0) is 22.7. The van der Waals surface area contributed by atoms with Gasteiger partial charge in [-0.1, -0.05) is 12.1 Å². The van der Waals surface area contributed by atoms with Crippen molar-refractivity contribution in [2.75, 3.05) is 39.4 Å². The Morgan fingerprint density at radius 1 is 0.875 bits per heavy atom. The molecule has 2 aromatic rings. The van der Waals surface area contributed by atoms with Crippen LogP contribution in [0.1, 0.15) is 27.9 Å². The lowest BCUT2D eigenvalue weighted by Gasteiger charge is -2.35. The Morgan fingerprint density at radius 2 is 1.56 bits per heavy atom. The molecule has 0 aromatic heterocycles. The van der Waals surface area contributed by atoms with Gasteiger partial charge in [-0.05, 0) is 42.3 Å². The number of piperazine rings is 1. The number of nitrogens with zero attached hydrogens (tertiary/aromatic N) is 2. The van der Waals surface area contributed by atoms with Crippen LogP contribution in [0, 0.1) is 0 Å². The number of fused-ring (bicyclic) bond motifs is 1. The van der Waals surface area contributed by atoms with Gasteiger partial charge in [0, 0.05) is 38.2 Å². The Kier molecular flexibility index (Phi) is 6.25. The summed E-state index contributed by atoms with van der Waals surface area (Å²) in [4.78, 5) is 28.4. The second-order valence-electron chi connectivity index (χ2n) is 7.73. The Hall–Kier alpha value is -3.23. The maximum Gasteiger partial charge on any atom is 0.416 e. The zero-order valence-corrected chi connectivity index (χ0v) is 17.4. The highest BCUT2D eigenvalue weighted by molar-refractivity contribution is 5.94. The molecule has 2 amide bonds. The van der Waals surface area contributed by atoms with E-state index in [2.05, 4.69) is 0 Å². The van der Waals surface area contributed by atoms with Crippen molar-refractivity contribution < 1.29 is 32.2 Å². The highest BCUT2D eigenvalue weighted by atomic mass is 19.4. The molecule has 2 aliphatic rings. The lowest BCUT2D eigenvalue weighted by atomic mass is 10.1. The average molecular weight is 448 g/mol. The maximum atomic E-state index is 12.9. The molecule has 6 nitrogen and oxygen atoms in total. The molecule has 0 radical (unpaired) electrons. The van der Waals surface area contributed by atoms with E-state index in [-0.39, 0.29) is 24.6 Å². The molecule has 0 N–H and O–H groups in total. The molecule has 0 spiro atoms. The Morgan fingerprint density at radius 3 is 2.28 bits per heavy atom. The van der Waals surface area contributed by atoms with E-state index in [0.29, 0.717) is 50.6 Å². The fourth-order valence-corrected chi connectivity index (χ4v) is 3.82. The number of aryl methyl sites for hydroxylation is 1. The smallest absolute Gasteiger partial charge is 0.416 e. The van der Waals surface area contributed by atoms with Crippen LogP contribution in [-0.2, 0) is 17.4 Å². The molecule has 32 heavy (non-hydrogen) atoms. The first kappa shape index (κ1) is 22.0. The van der Waals surface area contributed by atoms with Crippen molar-refractivity contribution in [3.05, 3.63) is 59.2 Å². The van der Waals surface area contributed by atoms with Gasteiger partial charge in [0.05, 0.1) is 5.56 Å². The number of halogens is 3. The van der Waals surface area contributed by atoms with Gasteiger partial charge < -0.3 is 19.3 Å². The first-order valence-electron chi connectivity index (χ1n) is 10.4. The molecule has 0 bridgehead atoms. The van der Waals surface area contributed by atoms with E-state index < -0.39 is 17.6 Å². The Bertz CT molecular complexity index is 1000. The summed E-state index contributed by atoms with van der Waals surface area (Å²) in [5.41, 5.74) is 0.121. The molecule has 9 heteroatoms. The van der Waals surface area contributed by atoms with Crippen LogP contribution in [0.3, 0.4) is 0 Å².